The van der Waals surface area contributed by atoms with E-state index in [1.54, 1.807) is 0 Å². The molecule has 0 nitrogen and oxygen atoms in total. The van der Waals surface area contributed by atoms with E-state index in [4.69, 9.17) is 22.2 Å². The van der Waals surface area contributed by atoms with Gasteiger partial charge in [-0.25, -0.2) is 0 Å². The Labute approximate surface area is 58.4 Å². The molecule has 0 bridgehead atoms. The molecule has 0 aromatic rings. The Balaban J connectivity index is 2.33. The predicted octanol–water partition coefficient (Wildman–Crippen LogP) is 0.0874. The van der Waals surface area contributed by atoms with Crippen LogP contribution in [0.1, 0.15) is 0 Å². The molecule has 1 rings (SSSR count). The van der Waals surface area contributed by atoms with Crippen LogP contribution < -0.4 is 0 Å². The van der Waals surface area contributed by atoms with Gasteiger partial charge >= 0.3 is 0 Å². The van der Waals surface area contributed by atoms with Crippen molar-refractivity contribution in [2.75, 3.05) is 0 Å². The number of halogens is 2. The van der Waals surface area contributed by atoms with Crippen molar-refractivity contribution < 1.29 is 0 Å². The minimum atomic E-state index is -0.705. The summed E-state index contributed by atoms with van der Waals surface area (Å²) in [5.41, 5.74) is 2.89. The lowest BCUT2D eigenvalue weighted by Crippen LogP contribution is -2.15. The third kappa shape index (κ3) is 1.57. The van der Waals surface area contributed by atoms with E-state index >= 15 is 0 Å². The largest absolute Gasteiger partial charge is 0.174 e. The van der Waals surface area contributed by atoms with E-state index in [1.807, 2.05) is 0 Å². The van der Waals surface area contributed by atoms with Crippen LogP contribution in [-0.2, 0) is 0 Å². The van der Waals surface area contributed by atoms with Gasteiger partial charge in [-0.1, -0.05) is 11.3 Å². The Bertz CT molecular complexity index is 60.0. The topological polar surface area (TPSA) is 0 Å². The minimum absolute atomic E-state index is 0.308. The fraction of sp³-hybridized carbons (Fsp3) is 1.00. The minimum Gasteiger partial charge on any atom is -0.174 e. The first-order valence-electron chi connectivity index (χ1n) is 2.59. The highest BCUT2D eigenvalue weighted by atomic mass is 35.6. The Kier molecular flexibility index (Phi) is 2.43. The molecule has 0 amide bonds. The van der Waals surface area contributed by atoms with E-state index in [0.29, 0.717) is 9.52 Å². The van der Waals surface area contributed by atoms with Crippen LogP contribution in [0.25, 0.3) is 0 Å². The van der Waals surface area contributed by atoms with Gasteiger partial charge in [-0.2, -0.15) is 22.2 Å². The van der Waals surface area contributed by atoms with Crippen molar-refractivity contribution >= 4 is 46.9 Å². The van der Waals surface area contributed by atoms with Crippen molar-refractivity contribution in [1.29, 1.82) is 0 Å². The Morgan fingerprint density at radius 2 is 1.57 bits per heavy atom. The van der Waals surface area contributed by atoms with E-state index in [1.165, 1.54) is 11.3 Å². The molecular weight excluding hydrogens is 179 g/mol. The van der Waals surface area contributed by atoms with Gasteiger partial charge in [-0.05, 0) is 0 Å². The summed E-state index contributed by atoms with van der Waals surface area (Å²) < 4.78 is 0. The second-order valence-corrected chi connectivity index (χ2v) is 20.1. The van der Waals surface area contributed by atoms with Gasteiger partial charge in [0.05, 0.1) is 0 Å². The van der Waals surface area contributed by atoms with Crippen LogP contribution in [-0.4, -0.2) is 24.8 Å². The maximum Gasteiger partial charge on any atom is 0.143 e. The third-order valence-corrected chi connectivity index (χ3v) is 28.7. The molecule has 42 valence electrons. The normalized spacial score (nSPS) is 45.4. The Morgan fingerprint density at radius 3 is 1.71 bits per heavy atom. The van der Waals surface area contributed by atoms with E-state index in [-0.39, 0.29) is 0 Å². The first-order valence-corrected chi connectivity index (χ1v) is 12.4. The van der Waals surface area contributed by atoms with Crippen LogP contribution in [0.15, 0.2) is 0 Å². The summed E-state index contributed by atoms with van der Waals surface area (Å²) >= 11 is 11.9. The zero-order valence-corrected chi connectivity index (χ0v) is 9.27. The highest BCUT2D eigenvalue weighted by Crippen LogP contribution is 2.16. The second kappa shape index (κ2) is 2.68. The van der Waals surface area contributed by atoms with Crippen molar-refractivity contribution in [2.45, 2.75) is 11.3 Å². The zero-order valence-electron chi connectivity index (χ0n) is 4.03. The van der Waals surface area contributed by atoms with Gasteiger partial charge in [0.15, 0.2) is 0 Å². The van der Waals surface area contributed by atoms with Crippen molar-refractivity contribution in [3.05, 3.63) is 0 Å². The molecule has 0 aromatic heterocycles. The Hall–Kier alpha value is 1.23. The lowest BCUT2D eigenvalue weighted by Gasteiger charge is -1.95. The fourth-order valence-electron chi connectivity index (χ4n) is 0.870. The van der Waals surface area contributed by atoms with Crippen LogP contribution in [0.3, 0.4) is 0 Å². The molecule has 1 aliphatic heterocycles. The number of hydrogen-bond acceptors (Lipinski definition) is 0. The van der Waals surface area contributed by atoms with Crippen molar-refractivity contribution in [2.24, 2.45) is 0 Å². The number of rotatable bonds is 0. The van der Waals surface area contributed by atoms with E-state index < -0.39 is 15.2 Å². The van der Waals surface area contributed by atoms with Crippen LogP contribution in [0.4, 0.5) is 0 Å². The summed E-state index contributed by atoms with van der Waals surface area (Å²) in [6.45, 7) is 0. The first-order chi connectivity index (χ1) is 3.30. The summed E-state index contributed by atoms with van der Waals surface area (Å²) in [6, 6.07) is 0. The standard InChI is InChI=1S/C2H8Cl2Si3/c3-6-1-5-2-7(6)4/h6-7H,1-2,5H2. The fourth-order valence-corrected chi connectivity index (χ4v) is 30.3. The average molecular weight is 187 g/mol. The van der Waals surface area contributed by atoms with Crippen molar-refractivity contribution in [3.63, 3.8) is 0 Å². The van der Waals surface area contributed by atoms with E-state index in [0.717, 1.165) is 0 Å². The van der Waals surface area contributed by atoms with E-state index in [9.17, 15) is 0 Å². The first kappa shape index (κ1) is 6.35. The summed E-state index contributed by atoms with van der Waals surface area (Å²) in [7, 11) is -1.10. The quantitative estimate of drug-likeness (QED) is 0.372. The molecule has 0 saturated carbocycles. The Morgan fingerprint density at radius 1 is 1.14 bits per heavy atom. The monoisotopic (exact) mass is 186 g/mol. The maximum atomic E-state index is 5.97. The van der Waals surface area contributed by atoms with Gasteiger partial charge < -0.3 is 0 Å². The van der Waals surface area contributed by atoms with Crippen LogP contribution in [0.2, 0.25) is 11.3 Å². The maximum absolute atomic E-state index is 5.97. The highest BCUT2D eigenvalue weighted by molar-refractivity contribution is 7.59. The lowest BCUT2D eigenvalue weighted by atomic mass is 11.8. The van der Waals surface area contributed by atoms with Gasteiger partial charge in [-0.3, -0.25) is 0 Å². The molecule has 7 heavy (non-hydrogen) atoms. The number of hydrogen-bond donors (Lipinski definition) is 0. The molecule has 0 N–H and O–H groups in total. The van der Waals surface area contributed by atoms with Crippen LogP contribution >= 0.6 is 22.2 Å². The summed E-state index contributed by atoms with van der Waals surface area (Å²) in [6.07, 6.45) is 0. The van der Waals surface area contributed by atoms with E-state index in [2.05, 4.69) is 0 Å². The molecule has 0 aromatic carbocycles. The summed E-state index contributed by atoms with van der Waals surface area (Å²) in [5.74, 6) is 0. The second-order valence-electron chi connectivity index (χ2n) is 1.96. The van der Waals surface area contributed by atoms with Gasteiger partial charge in [0.2, 0.25) is 0 Å². The molecule has 1 aliphatic rings. The molecule has 2 atom stereocenters. The average Bonchev–Trinajstić information content (AvgIpc) is 1.91. The lowest BCUT2D eigenvalue weighted by molar-refractivity contribution is 1.95. The van der Waals surface area contributed by atoms with Gasteiger partial charge in [0.25, 0.3) is 0 Å². The molecule has 0 aliphatic carbocycles. The molecule has 0 spiro atoms. The molecular formula is C2H8Cl2Si3. The summed E-state index contributed by atoms with van der Waals surface area (Å²) in [5, 5.41) is 0. The predicted molar refractivity (Wildman–Crippen MR) is 44.2 cm³/mol. The molecule has 1 fully saturated rings. The van der Waals surface area contributed by atoms with Gasteiger partial charge in [-0.15, -0.1) is 0 Å². The van der Waals surface area contributed by atoms with Crippen LogP contribution in [0.5, 0.6) is 0 Å². The smallest absolute Gasteiger partial charge is 0.143 e. The van der Waals surface area contributed by atoms with Crippen molar-refractivity contribution in [1.82, 2.24) is 0 Å². The SMILES string of the molecule is Cl[SiH]1C[SiH2]C[SiH]1Cl. The third-order valence-electron chi connectivity index (χ3n) is 1.35. The molecule has 1 heterocycles. The molecule has 5 heteroatoms. The highest BCUT2D eigenvalue weighted by Gasteiger charge is 2.26. The molecule has 0 radical (unpaired) electrons. The summed E-state index contributed by atoms with van der Waals surface area (Å²) in [4.78, 5) is 0. The molecule has 1 saturated heterocycles. The molecule has 2 unspecified atom stereocenters. The van der Waals surface area contributed by atoms with Crippen LogP contribution in [0, 0.1) is 0 Å². The zero-order chi connectivity index (χ0) is 5.28. The van der Waals surface area contributed by atoms with Crippen molar-refractivity contribution in [3.8, 4) is 0 Å². The van der Waals surface area contributed by atoms with Gasteiger partial charge in [0.1, 0.15) is 15.2 Å². The van der Waals surface area contributed by atoms with Gasteiger partial charge in [0, 0.05) is 9.52 Å².